The Hall–Kier alpha value is -5.23. The van der Waals surface area contributed by atoms with E-state index in [4.69, 9.17) is 9.72 Å². The first-order valence-corrected chi connectivity index (χ1v) is 14.5. The van der Waals surface area contributed by atoms with Crippen LogP contribution in [0.25, 0.3) is 27.8 Å². The van der Waals surface area contributed by atoms with E-state index in [0.29, 0.717) is 52.3 Å². The number of nitrogens with one attached hydrogen (secondary N) is 2. The van der Waals surface area contributed by atoms with E-state index in [0.717, 1.165) is 35.2 Å². The molecule has 3 atom stereocenters. The van der Waals surface area contributed by atoms with Crippen molar-refractivity contribution >= 4 is 39.8 Å². The van der Waals surface area contributed by atoms with Crippen LogP contribution in [0.1, 0.15) is 0 Å². The van der Waals surface area contributed by atoms with E-state index in [1.807, 2.05) is 37.5 Å². The number of aryl methyl sites for hydroxylation is 1. The van der Waals surface area contributed by atoms with Crippen LogP contribution < -0.4 is 20.3 Å². The van der Waals surface area contributed by atoms with Crippen molar-refractivity contribution in [3.05, 3.63) is 73.8 Å². The summed E-state index contributed by atoms with van der Waals surface area (Å²) in [6.07, 6.45) is 8.25. The van der Waals surface area contributed by atoms with Gasteiger partial charge < -0.3 is 29.7 Å². The van der Waals surface area contributed by atoms with Gasteiger partial charge in [0.2, 0.25) is 11.9 Å². The summed E-state index contributed by atoms with van der Waals surface area (Å²) in [5.74, 6) is 1.88. The Labute approximate surface area is 255 Å². The summed E-state index contributed by atoms with van der Waals surface area (Å²) < 4.78 is 7.92. The number of fused-ring (bicyclic) bond motifs is 2. The molecule has 0 bridgehead atoms. The number of rotatable bonds is 9. The van der Waals surface area contributed by atoms with Crippen LogP contribution in [0.2, 0.25) is 0 Å². The quantitative estimate of drug-likeness (QED) is 0.245. The van der Waals surface area contributed by atoms with Gasteiger partial charge in [-0.2, -0.15) is 10.2 Å². The predicted molar refractivity (Wildman–Crippen MR) is 171 cm³/mol. The number of carbonyl (C=O) groups excluding carboxylic acids is 1. The number of methoxy groups -OCH3 is 1. The van der Waals surface area contributed by atoms with Gasteiger partial charge in [-0.1, -0.05) is 24.8 Å². The third kappa shape index (κ3) is 4.73. The Balaban J connectivity index is 1.29. The summed E-state index contributed by atoms with van der Waals surface area (Å²) in [6, 6.07) is 12.4. The zero-order chi connectivity index (χ0) is 30.5. The molecule has 12 nitrogen and oxygen atoms in total. The van der Waals surface area contributed by atoms with Gasteiger partial charge in [0.1, 0.15) is 17.1 Å². The highest BCUT2D eigenvalue weighted by Crippen LogP contribution is 2.51. The molecule has 7 rings (SSSR count). The molecule has 2 aromatic carbocycles. The lowest BCUT2D eigenvalue weighted by atomic mass is 10.1. The van der Waals surface area contributed by atoms with Crippen molar-refractivity contribution < 1.29 is 9.53 Å². The first kappa shape index (κ1) is 27.6. The number of aromatic nitrogens is 6. The smallest absolute Gasteiger partial charge is 0.247 e. The zero-order valence-electron chi connectivity index (χ0n) is 25.1. The fraction of sp³-hybridized carbons (Fsp3) is 0.281. The average molecular weight is 591 g/mol. The van der Waals surface area contributed by atoms with E-state index in [9.17, 15) is 4.79 Å². The molecule has 44 heavy (non-hydrogen) atoms. The number of hydrogen-bond donors (Lipinski definition) is 2. The lowest BCUT2D eigenvalue weighted by molar-refractivity contribution is -0.111. The molecule has 0 spiro atoms. The monoisotopic (exact) mass is 590 g/mol. The number of ether oxygens (including phenoxy) is 1. The molecule has 1 aliphatic carbocycles. The lowest BCUT2D eigenvalue weighted by Gasteiger charge is -2.27. The fourth-order valence-corrected chi connectivity index (χ4v) is 6.62. The van der Waals surface area contributed by atoms with Gasteiger partial charge in [0.05, 0.1) is 42.8 Å². The number of hydrogen-bond acceptors (Lipinski definition) is 9. The Morgan fingerprint density at radius 2 is 1.86 bits per heavy atom. The Morgan fingerprint density at radius 1 is 1.11 bits per heavy atom. The molecule has 1 saturated carbocycles. The van der Waals surface area contributed by atoms with E-state index in [1.165, 1.54) is 10.9 Å². The van der Waals surface area contributed by atoms with Crippen molar-refractivity contribution in [3.8, 4) is 22.7 Å². The maximum atomic E-state index is 12.5. The largest absolute Gasteiger partial charge is 0.494 e. The Kier molecular flexibility index (Phi) is 6.77. The molecule has 1 aliphatic heterocycles. The van der Waals surface area contributed by atoms with Crippen molar-refractivity contribution in [1.82, 2.24) is 34.4 Å². The highest BCUT2D eigenvalue weighted by molar-refractivity contribution is 6.02. The number of amides is 1. The topological polar surface area (TPSA) is 118 Å². The van der Waals surface area contributed by atoms with Gasteiger partial charge in [0.15, 0.2) is 0 Å². The van der Waals surface area contributed by atoms with Crippen LogP contribution in [-0.4, -0.2) is 80.7 Å². The predicted octanol–water partition coefficient (Wildman–Crippen LogP) is 4.09. The van der Waals surface area contributed by atoms with Crippen molar-refractivity contribution in [1.29, 1.82) is 0 Å². The van der Waals surface area contributed by atoms with Gasteiger partial charge in [0.25, 0.3) is 0 Å². The number of anilines is 4. The van der Waals surface area contributed by atoms with E-state index < -0.39 is 0 Å². The molecule has 2 fully saturated rings. The summed E-state index contributed by atoms with van der Waals surface area (Å²) in [5.41, 5.74) is 5.42. The van der Waals surface area contributed by atoms with E-state index in [1.54, 1.807) is 25.7 Å². The van der Waals surface area contributed by atoms with Gasteiger partial charge in [-0.3, -0.25) is 4.79 Å². The molecule has 0 radical (unpaired) electrons. The molecule has 224 valence electrons. The minimum Gasteiger partial charge on any atom is -0.494 e. The van der Waals surface area contributed by atoms with Crippen LogP contribution in [-0.2, 0) is 11.8 Å². The van der Waals surface area contributed by atoms with E-state index in [-0.39, 0.29) is 5.91 Å². The molecule has 12 heteroatoms. The van der Waals surface area contributed by atoms with Gasteiger partial charge in [-0.25, -0.2) is 9.97 Å². The number of benzene rings is 2. The van der Waals surface area contributed by atoms with Crippen LogP contribution in [0.5, 0.6) is 5.75 Å². The summed E-state index contributed by atoms with van der Waals surface area (Å²) in [4.78, 5) is 28.3. The first-order chi connectivity index (χ1) is 21.4. The SMILES string of the molecule is C=CC(=O)Nc1cc(Nc2ncc(-n3nccn3)c(-c3cn(C)c4ccccc34)n2)c(OC)cc1N(C)[C@H]1[C@@H]2CN(C)C[C@@H]21. The minimum atomic E-state index is -0.294. The maximum absolute atomic E-state index is 12.5. The van der Waals surface area contributed by atoms with E-state index >= 15 is 0 Å². The second-order valence-electron chi connectivity index (χ2n) is 11.5. The molecule has 2 aliphatic rings. The van der Waals surface area contributed by atoms with Crippen LogP contribution in [0.15, 0.2) is 73.8 Å². The molecule has 4 heterocycles. The molecule has 5 aromatic rings. The summed E-state index contributed by atoms with van der Waals surface area (Å²) in [6.45, 7) is 5.79. The number of para-hydroxylation sites is 1. The van der Waals surface area contributed by atoms with Crippen molar-refractivity contribution in [3.63, 3.8) is 0 Å². The highest BCUT2D eigenvalue weighted by Gasteiger charge is 2.57. The van der Waals surface area contributed by atoms with E-state index in [2.05, 4.69) is 73.0 Å². The number of piperidine rings is 1. The standard InChI is InChI=1S/C32H34N10O2/c1-6-29(43)36-23-13-24(28(44-5)14-26(23)41(4)31-21-16-39(2)17-22(21)31)37-32-33-15-27(42-34-11-12-35-42)30(38-32)20-18-40(3)25-10-8-7-9-19(20)25/h6-15,18,21-22,31H,1,16-17H2,2-5H3,(H,36,43)(H,33,37,38)/t21-,22+,31+. The van der Waals surface area contributed by atoms with Gasteiger partial charge in [0, 0.05) is 62.0 Å². The van der Waals surface area contributed by atoms with Crippen LogP contribution in [0, 0.1) is 11.8 Å². The molecule has 1 saturated heterocycles. The molecule has 0 unspecified atom stereocenters. The van der Waals surface area contributed by atoms with Crippen LogP contribution in [0.3, 0.4) is 0 Å². The second kappa shape index (κ2) is 10.8. The molecule has 2 N–H and O–H groups in total. The van der Waals surface area contributed by atoms with Crippen molar-refractivity contribution in [2.75, 3.05) is 49.8 Å². The average Bonchev–Trinajstić information content (AvgIpc) is 3.44. The number of nitrogens with zero attached hydrogens (tertiary/aromatic N) is 8. The molecular weight excluding hydrogens is 556 g/mol. The van der Waals surface area contributed by atoms with Crippen LogP contribution >= 0.6 is 0 Å². The van der Waals surface area contributed by atoms with Gasteiger partial charge in [-0.15, -0.1) is 4.80 Å². The summed E-state index contributed by atoms with van der Waals surface area (Å²) >= 11 is 0. The molecule has 3 aromatic heterocycles. The fourth-order valence-electron chi connectivity index (χ4n) is 6.62. The Morgan fingerprint density at radius 3 is 2.59 bits per heavy atom. The maximum Gasteiger partial charge on any atom is 0.247 e. The highest BCUT2D eigenvalue weighted by atomic mass is 16.5. The Bertz CT molecular complexity index is 1870. The first-order valence-electron chi connectivity index (χ1n) is 14.5. The van der Waals surface area contributed by atoms with Crippen LogP contribution in [0.4, 0.5) is 23.0 Å². The third-order valence-corrected chi connectivity index (χ3v) is 8.72. The molecular formula is C32H34N10O2. The minimum absolute atomic E-state index is 0.294. The second-order valence-corrected chi connectivity index (χ2v) is 11.5. The zero-order valence-corrected chi connectivity index (χ0v) is 25.1. The van der Waals surface area contributed by atoms with Gasteiger partial charge >= 0.3 is 0 Å². The normalized spacial score (nSPS) is 19.0. The molecule has 1 amide bonds. The summed E-state index contributed by atoms with van der Waals surface area (Å²) in [7, 11) is 7.87. The number of carbonyl (C=O) groups is 1. The van der Waals surface area contributed by atoms with Crippen molar-refractivity contribution in [2.24, 2.45) is 18.9 Å². The number of likely N-dealkylation sites (tertiary alicyclic amines) is 1. The van der Waals surface area contributed by atoms with Gasteiger partial charge in [-0.05, 0) is 37.1 Å². The summed E-state index contributed by atoms with van der Waals surface area (Å²) in [5, 5.41) is 16.1. The van der Waals surface area contributed by atoms with Crippen molar-refractivity contribution in [2.45, 2.75) is 6.04 Å². The lowest BCUT2D eigenvalue weighted by Crippen LogP contribution is -2.31. The third-order valence-electron chi connectivity index (χ3n) is 8.72.